The third-order valence-corrected chi connectivity index (χ3v) is 8.35. The third-order valence-electron chi connectivity index (χ3n) is 8.35. The maximum absolute atomic E-state index is 14.8. The molecule has 3 aromatic rings. The Hall–Kier alpha value is -3.39. The number of benzene rings is 3. The van der Waals surface area contributed by atoms with Crippen LogP contribution in [-0.2, 0) is 16.5 Å². The second kappa shape index (κ2) is 9.12. The number of alkyl halides is 3. The molecule has 1 amide bonds. The zero-order valence-corrected chi connectivity index (χ0v) is 20.5. The molecule has 0 spiro atoms. The lowest BCUT2D eigenvalue weighted by atomic mass is 9.72. The second-order valence-electron chi connectivity index (χ2n) is 10.6. The van der Waals surface area contributed by atoms with Crippen molar-refractivity contribution >= 4 is 6.09 Å². The highest BCUT2D eigenvalue weighted by molar-refractivity contribution is 5.79. The summed E-state index contributed by atoms with van der Waals surface area (Å²) in [5, 5.41) is 11.4. The van der Waals surface area contributed by atoms with Crippen molar-refractivity contribution in [2.24, 2.45) is 0 Å². The second-order valence-corrected chi connectivity index (χ2v) is 10.6. The molecule has 2 fully saturated rings. The molecule has 2 atom stereocenters. The fourth-order valence-corrected chi connectivity index (χ4v) is 6.68. The molecule has 0 radical (unpaired) electrons. The largest absolute Gasteiger partial charge is 0.448 e. The summed E-state index contributed by atoms with van der Waals surface area (Å²) < 4.78 is 59.8. The predicted molar refractivity (Wildman–Crippen MR) is 133 cm³/mol. The van der Waals surface area contributed by atoms with Gasteiger partial charge in [-0.2, -0.15) is 13.2 Å². The summed E-state index contributed by atoms with van der Waals surface area (Å²) in [6.45, 7) is 0.167. The molecule has 4 nitrogen and oxygen atoms in total. The Morgan fingerprint density at radius 2 is 1.53 bits per heavy atom. The minimum absolute atomic E-state index is 0.0377. The fourth-order valence-electron chi connectivity index (χ4n) is 6.68. The van der Waals surface area contributed by atoms with Gasteiger partial charge in [-0.1, -0.05) is 54.6 Å². The van der Waals surface area contributed by atoms with Gasteiger partial charge in [0.1, 0.15) is 12.4 Å². The molecule has 0 saturated carbocycles. The maximum atomic E-state index is 14.8. The number of fused-ring (bicyclic) bond motifs is 5. The molecule has 38 heavy (non-hydrogen) atoms. The van der Waals surface area contributed by atoms with Gasteiger partial charge < -0.3 is 14.7 Å². The first-order valence-electron chi connectivity index (χ1n) is 12.9. The highest BCUT2D eigenvalue weighted by atomic mass is 19.4. The quantitative estimate of drug-likeness (QED) is 0.375. The summed E-state index contributed by atoms with van der Waals surface area (Å²) >= 11 is 0. The SMILES string of the molecule is O=C(OCC1c2ccccc2-c2ccccc21)N1C2CCCC1CC(O)(c1ccc(C(F)(F)F)cc1F)C2. The molecule has 1 aliphatic carbocycles. The number of carbonyl (C=O) groups excluding carboxylic acids is 1. The van der Waals surface area contributed by atoms with E-state index in [1.165, 1.54) is 0 Å². The van der Waals surface area contributed by atoms with Crippen molar-refractivity contribution < 1.29 is 32.2 Å². The molecular formula is C30H27F4NO3. The van der Waals surface area contributed by atoms with Crippen LogP contribution in [0.1, 0.15) is 60.3 Å². The first-order valence-corrected chi connectivity index (χ1v) is 12.9. The minimum Gasteiger partial charge on any atom is -0.448 e. The molecule has 1 N–H and O–H groups in total. The van der Waals surface area contributed by atoms with Crippen LogP contribution < -0.4 is 0 Å². The number of nitrogens with zero attached hydrogens (tertiary/aromatic N) is 1. The molecule has 3 aliphatic rings. The van der Waals surface area contributed by atoms with Gasteiger partial charge in [0.05, 0.1) is 11.2 Å². The van der Waals surface area contributed by atoms with E-state index < -0.39 is 41.3 Å². The summed E-state index contributed by atoms with van der Waals surface area (Å²) in [5.41, 5.74) is 1.54. The number of amides is 1. The molecule has 198 valence electrons. The van der Waals surface area contributed by atoms with Gasteiger partial charge in [0, 0.05) is 36.4 Å². The van der Waals surface area contributed by atoms with Crippen LogP contribution in [0.25, 0.3) is 11.1 Å². The van der Waals surface area contributed by atoms with E-state index in [-0.39, 0.29) is 30.9 Å². The number of carbonyl (C=O) groups is 1. The Morgan fingerprint density at radius 3 is 2.08 bits per heavy atom. The van der Waals surface area contributed by atoms with Crippen LogP contribution in [0, 0.1) is 5.82 Å². The normalized spacial score (nSPS) is 24.6. The van der Waals surface area contributed by atoms with Crippen molar-refractivity contribution in [3.63, 3.8) is 0 Å². The van der Waals surface area contributed by atoms with E-state index in [1.54, 1.807) is 4.90 Å². The summed E-state index contributed by atoms with van der Waals surface area (Å²) in [4.78, 5) is 15.0. The lowest BCUT2D eigenvalue weighted by Gasteiger charge is -2.51. The van der Waals surface area contributed by atoms with E-state index in [2.05, 4.69) is 12.1 Å². The molecule has 2 aliphatic heterocycles. The van der Waals surface area contributed by atoms with E-state index in [0.29, 0.717) is 18.9 Å². The zero-order valence-electron chi connectivity index (χ0n) is 20.5. The van der Waals surface area contributed by atoms with Crippen LogP contribution in [0.3, 0.4) is 0 Å². The van der Waals surface area contributed by atoms with Gasteiger partial charge in [0.15, 0.2) is 0 Å². The van der Waals surface area contributed by atoms with Crippen molar-refractivity contribution in [2.75, 3.05) is 6.61 Å². The molecule has 0 aromatic heterocycles. The Morgan fingerprint density at radius 1 is 0.947 bits per heavy atom. The maximum Gasteiger partial charge on any atom is 0.416 e. The minimum atomic E-state index is -4.67. The van der Waals surface area contributed by atoms with E-state index >= 15 is 0 Å². The summed E-state index contributed by atoms with van der Waals surface area (Å²) in [6.07, 6.45) is -3.03. The lowest BCUT2D eigenvalue weighted by Crippen LogP contribution is -2.59. The number of halogens is 4. The van der Waals surface area contributed by atoms with Gasteiger partial charge in [-0.15, -0.1) is 0 Å². The summed E-state index contributed by atoms with van der Waals surface area (Å²) in [7, 11) is 0. The van der Waals surface area contributed by atoms with Crippen LogP contribution in [0.2, 0.25) is 0 Å². The van der Waals surface area contributed by atoms with Gasteiger partial charge in [-0.25, -0.2) is 9.18 Å². The third kappa shape index (κ3) is 4.15. The van der Waals surface area contributed by atoms with Crippen molar-refractivity contribution in [1.82, 2.24) is 4.90 Å². The first kappa shape index (κ1) is 24.9. The van der Waals surface area contributed by atoms with Crippen molar-refractivity contribution in [3.8, 4) is 11.1 Å². The monoisotopic (exact) mass is 525 g/mol. The average Bonchev–Trinajstić information content (AvgIpc) is 3.20. The van der Waals surface area contributed by atoms with Crippen LogP contribution >= 0.6 is 0 Å². The number of hydrogen-bond acceptors (Lipinski definition) is 3. The zero-order chi connectivity index (χ0) is 26.7. The fraction of sp³-hybridized carbons (Fsp3) is 0.367. The van der Waals surface area contributed by atoms with Gasteiger partial charge >= 0.3 is 12.3 Å². The first-order chi connectivity index (χ1) is 18.2. The molecule has 8 heteroatoms. The molecule has 3 aromatic carbocycles. The molecular weight excluding hydrogens is 498 g/mol. The van der Waals surface area contributed by atoms with Crippen molar-refractivity contribution in [2.45, 2.75) is 61.9 Å². The Kier molecular flexibility index (Phi) is 5.98. The van der Waals surface area contributed by atoms with E-state index in [1.807, 2.05) is 36.4 Å². The number of rotatable bonds is 3. The number of ether oxygens (including phenoxy) is 1. The molecule has 2 saturated heterocycles. The van der Waals surface area contributed by atoms with E-state index in [4.69, 9.17) is 4.74 Å². The number of hydrogen-bond donors (Lipinski definition) is 1. The van der Waals surface area contributed by atoms with Crippen LogP contribution in [0.15, 0.2) is 66.7 Å². The highest BCUT2D eigenvalue weighted by Crippen LogP contribution is 2.47. The van der Waals surface area contributed by atoms with Gasteiger partial charge in [-0.3, -0.25) is 0 Å². The van der Waals surface area contributed by atoms with Crippen molar-refractivity contribution in [1.29, 1.82) is 0 Å². The molecule has 2 heterocycles. The summed E-state index contributed by atoms with van der Waals surface area (Å²) in [6, 6.07) is 17.6. The van der Waals surface area contributed by atoms with E-state index in [9.17, 15) is 27.5 Å². The topological polar surface area (TPSA) is 49.8 Å². The molecule has 6 rings (SSSR count). The predicted octanol–water partition coefficient (Wildman–Crippen LogP) is 7.00. The number of piperidine rings is 2. The van der Waals surface area contributed by atoms with Gasteiger partial charge in [0.25, 0.3) is 0 Å². The van der Waals surface area contributed by atoms with E-state index in [0.717, 1.165) is 40.8 Å². The Balaban J connectivity index is 1.20. The number of aliphatic hydroxyl groups is 1. The van der Waals surface area contributed by atoms with Gasteiger partial charge in [-0.05, 0) is 53.6 Å². The Bertz CT molecular complexity index is 1330. The van der Waals surface area contributed by atoms with Crippen LogP contribution in [0.4, 0.5) is 22.4 Å². The van der Waals surface area contributed by atoms with Crippen LogP contribution in [0.5, 0.6) is 0 Å². The smallest absolute Gasteiger partial charge is 0.416 e. The van der Waals surface area contributed by atoms with Crippen molar-refractivity contribution in [3.05, 3.63) is 94.8 Å². The van der Waals surface area contributed by atoms with Crippen LogP contribution in [-0.4, -0.2) is 34.8 Å². The molecule has 2 unspecified atom stereocenters. The molecule has 2 bridgehead atoms. The average molecular weight is 526 g/mol. The standard InChI is InChI=1S/C30H27F4NO3/c31-27-14-18(30(32,33)34)12-13-26(27)29(37)15-19-6-5-7-20(16-29)35(19)28(36)38-17-25-23-10-3-1-8-21(23)22-9-2-4-11-24(22)25/h1-4,8-14,19-20,25,37H,5-7,15-17H2. The highest BCUT2D eigenvalue weighted by Gasteiger charge is 2.50. The Labute approximate surface area is 217 Å². The summed E-state index contributed by atoms with van der Waals surface area (Å²) in [5.74, 6) is -1.18. The lowest BCUT2D eigenvalue weighted by molar-refractivity contribution is -0.138. The van der Waals surface area contributed by atoms with Gasteiger partial charge in [0.2, 0.25) is 0 Å².